The molecular formula is C17H18O3S. The van der Waals surface area contributed by atoms with Crippen LogP contribution in [0.3, 0.4) is 0 Å². The van der Waals surface area contributed by atoms with Crippen molar-refractivity contribution >= 4 is 17.1 Å². The van der Waals surface area contributed by atoms with Crippen LogP contribution in [-0.2, 0) is 15.9 Å². The molecule has 2 aromatic rings. The van der Waals surface area contributed by atoms with Gasteiger partial charge in [0.25, 0.3) is 0 Å². The summed E-state index contributed by atoms with van der Waals surface area (Å²) in [5.41, 5.74) is 3.06. The van der Waals surface area contributed by atoms with E-state index in [-0.39, 0.29) is 12.1 Å². The third-order valence-electron chi connectivity index (χ3n) is 3.63. The molecule has 2 heterocycles. The Hall–Kier alpha value is -1.49. The molecule has 0 spiro atoms. The molecule has 1 aliphatic heterocycles. The Balaban J connectivity index is 1.91. The zero-order valence-electron chi connectivity index (χ0n) is 12.2. The highest BCUT2D eigenvalue weighted by Gasteiger charge is 2.20. The number of ketones is 1. The largest absolute Gasteiger partial charge is 0.345 e. The van der Waals surface area contributed by atoms with Crippen LogP contribution in [0, 0.1) is 0 Å². The average molecular weight is 302 g/mol. The fourth-order valence-electron chi connectivity index (χ4n) is 2.54. The average Bonchev–Trinajstić information content (AvgIpc) is 3.17. The molecule has 0 N–H and O–H groups in total. The second kappa shape index (κ2) is 6.10. The maximum absolute atomic E-state index is 11.6. The molecule has 3 rings (SSSR count). The van der Waals surface area contributed by atoms with Crippen LogP contribution in [0.4, 0.5) is 0 Å². The minimum atomic E-state index is -0.217. The highest BCUT2D eigenvalue weighted by molar-refractivity contribution is 7.15. The van der Waals surface area contributed by atoms with Gasteiger partial charge in [0.05, 0.1) is 18.1 Å². The van der Waals surface area contributed by atoms with Crippen LogP contribution in [0.5, 0.6) is 0 Å². The van der Waals surface area contributed by atoms with E-state index in [1.165, 1.54) is 4.88 Å². The highest BCUT2D eigenvalue weighted by atomic mass is 32.1. The first-order chi connectivity index (χ1) is 10.2. The summed E-state index contributed by atoms with van der Waals surface area (Å²) in [4.78, 5) is 13.9. The van der Waals surface area contributed by atoms with Gasteiger partial charge in [0, 0.05) is 10.4 Å². The van der Waals surface area contributed by atoms with Gasteiger partial charge in [-0.3, -0.25) is 4.79 Å². The summed E-state index contributed by atoms with van der Waals surface area (Å²) >= 11 is 1.68. The minimum absolute atomic E-state index is 0.123. The van der Waals surface area contributed by atoms with Crippen LogP contribution in [0.25, 0.3) is 10.4 Å². The molecule has 3 nitrogen and oxygen atoms in total. The van der Waals surface area contributed by atoms with Gasteiger partial charge < -0.3 is 9.47 Å². The third kappa shape index (κ3) is 2.93. The van der Waals surface area contributed by atoms with Gasteiger partial charge in [-0.25, -0.2) is 0 Å². The van der Waals surface area contributed by atoms with E-state index in [1.54, 1.807) is 18.3 Å². The number of ether oxygens (including phenoxy) is 2. The number of rotatable bonds is 4. The fraction of sp³-hybridized carbons (Fsp3) is 0.353. The normalized spacial score (nSPS) is 15.5. The Morgan fingerprint density at radius 1 is 1.24 bits per heavy atom. The SMILES string of the molecule is CCc1cc(-c2ccc(C3OCCO3)s2)ccc1C(C)=O. The minimum Gasteiger partial charge on any atom is -0.345 e. The second-order valence-corrected chi connectivity index (χ2v) is 6.17. The number of Topliss-reactive ketones (excluding diaryl/α,β-unsaturated/α-hetero) is 1. The summed E-state index contributed by atoms with van der Waals surface area (Å²) in [7, 11) is 0. The van der Waals surface area contributed by atoms with Gasteiger partial charge in [-0.15, -0.1) is 11.3 Å². The van der Waals surface area contributed by atoms with E-state index in [1.807, 2.05) is 12.1 Å². The summed E-state index contributed by atoms with van der Waals surface area (Å²) in [6, 6.07) is 10.2. The topological polar surface area (TPSA) is 35.5 Å². The van der Waals surface area contributed by atoms with E-state index in [0.717, 1.165) is 28.0 Å². The Labute approximate surface area is 128 Å². The molecule has 1 aliphatic rings. The monoisotopic (exact) mass is 302 g/mol. The molecule has 0 radical (unpaired) electrons. The molecule has 4 heteroatoms. The summed E-state index contributed by atoms with van der Waals surface area (Å²) in [5, 5.41) is 0. The lowest BCUT2D eigenvalue weighted by Crippen LogP contribution is -1.98. The van der Waals surface area contributed by atoms with Crippen molar-refractivity contribution in [2.75, 3.05) is 13.2 Å². The van der Waals surface area contributed by atoms with Crippen molar-refractivity contribution in [2.45, 2.75) is 26.6 Å². The molecule has 1 aromatic heterocycles. The number of hydrogen-bond acceptors (Lipinski definition) is 4. The predicted octanol–water partition coefficient (Wildman–Crippen LogP) is 4.23. The molecule has 0 aliphatic carbocycles. The Bertz CT molecular complexity index is 654. The number of benzene rings is 1. The van der Waals surface area contributed by atoms with Crippen LogP contribution in [0.15, 0.2) is 30.3 Å². The molecular weight excluding hydrogens is 284 g/mol. The van der Waals surface area contributed by atoms with E-state index in [2.05, 4.69) is 25.1 Å². The molecule has 1 saturated heterocycles. The Morgan fingerprint density at radius 3 is 2.67 bits per heavy atom. The van der Waals surface area contributed by atoms with E-state index in [4.69, 9.17) is 9.47 Å². The van der Waals surface area contributed by atoms with E-state index in [0.29, 0.717) is 13.2 Å². The second-order valence-electron chi connectivity index (χ2n) is 5.06. The summed E-state index contributed by atoms with van der Waals surface area (Å²) in [6.45, 7) is 5.01. The van der Waals surface area contributed by atoms with E-state index >= 15 is 0 Å². The molecule has 0 saturated carbocycles. The third-order valence-corrected chi connectivity index (χ3v) is 4.79. The van der Waals surface area contributed by atoms with Crippen LogP contribution in [-0.4, -0.2) is 19.0 Å². The maximum atomic E-state index is 11.6. The molecule has 1 fully saturated rings. The quantitative estimate of drug-likeness (QED) is 0.793. The van der Waals surface area contributed by atoms with Crippen molar-refractivity contribution in [3.8, 4) is 10.4 Å². The lowest BCUT2D eigenvalue weighted by molar-refractivity contribution is -0.0413. The van der Waals surface area contributed by atoms with Gasteiger partial charge in [0.15, 0.2) is 12.1 Å². The van der Waals surface area contributed by atoms with Crippen molar-refractivity contribution in [1.29, 1.82) is 0 Å². The Kier molecular flexibility index (Phi) is 4.19. The van der Waals surface area contributed by atoms with Crippen LogP contribution in [0.1, 0.15) is 40.9 Å². The number of aryl methyl sites for hydroxylation is 1. The van der Waals surface area contributed by atoms with Gasteiger partial charge >= 0.3 is 0 Å². The van der Waals surface area contributed by atoms with Gasteiger partial charge in [-0.1, -0.05) is 19.1 Å². The molecule has 0 atom stereocenters. The van der Waals surface area contributed by atoms with Gasteiger partial charge in [-0.2, -0.15) is 0 Å². The molecule has 21 heavy (non-hydrogen) atoms. The summed E-state index contributed by atoms with van der Waals surface area (Å²) in [6.07, 6.45) is 0.640. The molecule has 0 bridgehead atoms. The number of carbonyl (C=O) groups excluding carboxylic acids is 1. The number of carbonyl (C=O) groups is 1. The van der Waals surface area contributed by atoms with E-state index in [9.17, 15) is 4.79 Å². The maximum Gasteiger partial charge on any atom is 0.193 e. The zero-order valence-corrected chi connectivity index (χ0v) is 13.0. The standard InChI is InChI=1S/C17H18O3S/c1-3-12-10-13(4-5-14(12)11(2)18)15-6-7-16(21-15)17-19-8-9-20-17/h4-7,10,17H,3,8-9H2,1-2H3. The van der Waals surface area contributed by atoms with Gasteiger partial charge in [0.1, 0.15) is 0 Å². The van der Waals surface area contributed by atoms with Crippen molar-refractivity contribution in [1.82, 2.24) is 0 Å². The molecule has 1 aromatic carbocycles. The molecule has 0 amide bonds. The summed E-state index contributed by atoms with van der Waals surface area (Å²) < 4.78 is 11.1. The van der Waals surface area contributed by atoms with Crippen LogP contribution in [0.2, 0.25) is 0 Å². The number of thiophene rings is 1. The van der Waals surface area contributed by atoms with Crippen LogP contribution >= 0.6 is 11.3 Å². The van der Waals surface area contributed by atoms with Crippen LogP contribution < -0.4 is 0 Å². The number of hydrogen-bond donors (Lipinski definition) is 0. The first-order valence-corrected chi connectivity index (χ1v) is 7.98. The lowest BCUT2D eigenvalue weighted by Gasteiger charge is -2.07. The highest BCUT2D eigenvalue weighted by Crippen LogP contribution is 2.35. The molecule has 110 valence electrons. The van der Waals surface area contributed by atoms with Gasteiger partial charge in [0.2, 0.25) is 0 Å². The lowest BCUT2D eigenvalue weighted by atomic mass is 9.99. The molecule has 0 unspecified atom stereocenters. The first-order valence-electron chi connectivity index (χ1n) is 7.16. The zero-order chi connectivity index (χ0) is 14.8. The van der Waals surface area contributed by atoms with Crippen molar-refractivity contribution in [3.63, 3.8) is 0 Å². The van der Waals surface area contributed by atoms with Gasteiger partial charge in [-0.05, 0) is 42.7 Å². The van der Waals surface area contributed by atoms with E-state index < -0.39 is 0 Å². The van der Waals surface area contributed by atoms with Crippen molar-refractivity contribution in [3.05, 3.63) is 46.3 Å². The first kappa shape index (κ1) is 14.4. The van der Waals surface area contributed by atoms with Crippen molar-refractivity contribution in [2.24, 2.45) is 0 Å². The Morgan fingerprint density at radius 2 is 2.00 bits per heavy atom. The van der Waals surface area contributed by atoms with Crippen molar-refractivity contribution < 1.29 is 14.3 Å². The fourth-order valence-corrected chi connectivity index (χ4v) is 3.54. The smallest absolute Gasteiger partial charge is 0.193 e. The summed E-state index contributed by atoms with van der Waals surface area (Å²) in [5.74, 6) is 0.123. The predicted molar refractivity (Wildman–Crippen MR) is 83.8 cm³/mol.